The normalized spacial score (nSPS) is 39.3. The van der Waals surface area contributed by atoms with E-state index in [1.807, 2.05) is 0 Å². The number of nitrogens with two attached hydrogens (primary N) is 1. The maximum absolute atomic E-state index is 6.29. The van der Waals surface area contributed by atoms with Gasteiger partial charge in [0.2, 0.25) is 0 Å². The summed E-state index contributed by atoms with van der Waals surface area (Å²) in [5.74, 6) is 0. The highest BCUT2D eigenvalue weighted by molar-refractivity contribution is 9.09. The van der Waals surface area contributed by atoms with Gasteiger partial charge in [0.05, 0.1) is 18.3 Å². The Morgan fingerprint density at radius 3 is 3.04 bits per heavy atom. The number of aliphatic imine (C=N–C) groups is 1. The molecular weight excluding hydrogens is 362 g/mol. The third kappa shape index (κ3) is 3.82. The van der Waals surface area contributed by atoms with Crippen LogP contribution in [0.5, 0.6) is 0 Å². The van der Waals surface area contributed by atoms with Crippen LogP contribution >= 0.6 is 15.9 Å². The molecule has 8 heteroatoms. The summed E-state index contributed by atoms with van der Waals surface area (Å²) < 4.78 is 11.9. The first kappa shape index (κ1) is 17.4. The molecule has 3 aliphatic rings. The number of ether oxygens (including phenoxy) is 2. The van der Waals surface area contributed by atoms with E-state index < -0.39 is 0 Å². The second-order valence-corrected chi connectivity index (χ2v) is 7.40. The molecular formula is C15H28BrN5O2. The lowest BCUT2D eigenvalue weighted by atomic mass is 10.1. The van der Waals surface area contributed by atoms with Gasteiger partial charge in [-0.15, -0.1) is 0 Å². The van der Waals surface area contributed by atoms with Crippen LogP contribution in [0.3, 0.4) is 0 Å². The molecule has 3 rings (SSSR count). The summed E-state index contributed by atoms with van der Waals surface area (Å²) in [6.07, 6.45) is 5.29. The van der Waals surface area contributed by atoms with E-state index in [0.29, 0.717) is 6.02 Å². The van der Waals surface area contributed by atoms with Crippen LogP contribution in [0, 0.1) is 0 Å². The topological polar surface area (TPSA) is 84.1 Å². The average Bonchev–Trinajstić information content (AvgIpc) is 2.85. The molecule has 0 aromatic rings. The lowest BCUT2D eigenvalue weighted by molar-refractivity contribution is -0.0962. The first-order valence-electron chi connectivity index (χ1n) is 8.66. The number of hydrogen-bond donors (Lipinski definition) is 3. The summed E-state index contributed by atoms with van der Waals surface area (Å²) in [4.78, 5) is 7.01. The Morgan fingerprint density at radius 2 is 2.35 bits per heavy atom. The van der Waals surface area contributed by atoms with Gasteiger partial charge >= 0.3 is 0 Å². The molecule has 0 bridgehead atoms. The predicted octanol–water partition coefficient (Wildman–Crippen LogP) is 1.24. The molecule has 0 spiro atoms. The van der Waals surface area contributed by atoms with Crippen molar-refractivity contribution in [1.29, 1.82) is 0 Å². The zero-order valence-electron chi connectivity index (χ0n) is 13.9. The molecule has 7 nitrogen and oxygen atoms in total. The van der Waals surface area contributed by atoms with Gasteiger partial charge in [0.25, 0.3) is 6.02 Å². The summed E-state index contributed by atoms with van der Waals surface area (Å²) in [5.41, 5.74) is 6.29. The minimum absolute atomic E-state index is 0.00427. The van der Waals surface area contributed by atoms with E-state index in [9.17, 15) is 0 Å². The van der Waals surface area contributed by atoms with Crippen LogP contribution in [-0.2, 0) is 9.47 Å². The first-order chi connectivity index (χ1) is 11.1. The minimum atomic E-state index is -0.241. The maximum Gasteiger partial charge on any atom is 0.287 e. The van der Waals surface area contributed by atoms with E-state index in [1.54, 1.807) is 0 Å². The Kier molecular flexibility index (Phi) is 5.79. The summed E-state index contributed by atoms with van der Waals surface area (Å²) in [5, 5.41) is 6.64. The maximum atomic E-state index is 6.29. The molecule has 2 saturated heterocycles. The Labute approximate surface area is 146 Å². The second kappa shape index (κ2) is 7.65. The monoisotopic (exact) mass is 389 g/mol. The molecule has 2 fully saturated rings. The van der Waals surface area contributed by atoms with Gasteiger partial charge in [0.1, 0.15) is 17.5 Å². The fraction of sp³-hybridized carbons (Fsp3) is 0.933. The number of nitrogens with zero attached hydrogens (tertiary/aromatic N) is 2. The molecule has 132 valence electrons. The Hall–Kier alpha value is -0.410. The quantitative estimate of drug-likeness (QED) is 0.495. The molecule has 0 aromatic carbocycles. The van der Waals surface area contributed by atoms with Crippen molar-refractivity contribution in [1.82, 2.24) is 15.5 Å². The van der Waals surface area contributed by atoms with Gasteiger partial charge < -0.3 is 20.5 Å². The molecule has 3 aliphatic heterocycles. The van der Waals surface area contributed by atoms with E-state index in [2.05, 4.69) is 45.3 Å². The van der Waals surface area contributed by atoms with Crippen molar-refractivity contribution in [2.75, 3.05) is 6.61 Å². The molecule has 0 aliphatic carbocycles. The number of alkyl halides is 1. The van der Waals surface area contributed by atoms with Gasteiger partial charge in [-0.1, -0.05) is 29.3 Å². The van der Waals surface area contributed by atoms with Crippen LogP contribution in [0.4, 0.5) is 0 Å². The predicted molar refractivity (Wildman–Crippen MR) is 92.9 cm³/mol. The van der Waals surface area contributed by atoms with Gasteiger partial charge in [-0.25, -0.2) is 9.89 Å². The minimum Gasteiger partial charge on any atom is -0.462 e. The molecule has 23 heavy (non-hydrogen) atoms. The van der Waals surface area contributed by atoms with Crippen LogP contribution < -0.4 is 16.4 Å². The number of rotatable bonds is 4. The summed E-state index contributed by atoms with van der Waals surface area (Å²) >= 11 is 3.70. The Bertz CT molecular complexity index is 432. The zero-order valence-corrected chi connectivity index (χ0v) is 15.5. The molecule has 4 N–H and O–H groups in total. The number of halogens is 1. The molecule has 3 heterocycles. The fourth-order valence-electron chi connectivity index (χ4n) is 3.47. The molecule has 0 aromatic heterocycles. The zero-order chi connectivity index (χ0) is 16.4. The third-order valence-corrected chi connectivity index (χ3v) is 5.38. The Balaban J connectivity index is 1.75. The third-order valence-electron chi connectivity index (χ3n) is 4.64. The number of hydrogen-bond acceptors (Lipinski definition) is 7. The fourth-order valence-corrected chi connectivity index (χ4v) is 4.28. The molecule has 0 saturated carbocycles. The number of amidine groups is 1. The highest BCUT2D eigenvalue weighted by atomic mass is 79.9. The van der Waals surface area contributed by atoms with Gasteiger partial charge in [0, 0.05) is 6.61 Å². The van der Waals surface area contributed by atoms with Gasteiger partial charge in [-0.3, -0.25) is 5.32 Å². The van der Waals surface area contributed by atoms with Gasteiger partial charge in [-0.05, 0) is 32.6 Å². The molecule has 2 unspecified atom stereocenters. The lowest BCUT2D eigenvalue weighted by Gasteiger charge is -2.38. The number of fused-ring (bicyclic) bond motifs is 1. The first-order valence-corrected chi connectivity index (χ1v) is 9.57. The molecule has 0 amide bonds. The van der Waals surface area contributed by atoms with E-state index in [4.69, 9.17) is 20.2 Å². The van der Waals surface area contributed by atoms with Crippen molar-refractivity contribution >= 4 is 22.0 Å². The van der Waals surface area contributed by atoms with Crippen molar-refractivity contribution in [2.45, 2.75) is 81.7 Å². The van der Waals surface area contributed by atoms with E-state index in [-0.39, 0.29) is 35.8 Å². The largest absolute Gasteiger partial charge is 0.462 e. The van der Waals surface area contributed by atoms with Crippen LogP contribution in [0.25, 0.3) is 0 Å². The van der Waals surface area contributed by atoms with Crippen molar-refractivity contribution in [2.24, 2.45) is 10.7 Å². The molecule has 0 radical (unpaired) electrons. The number of nitrogens with one attached hydrogen (secondary N) is 2. The van der Waals surface area contributed by atoms with E-state index in [1.165, 1.54) is 6.42 Å². The van der Waals surface area contributed by atoms with Crippen LogP contribution in [0.1, 0.15) is 46.0 Å². The van der Waals surface area contributed by atoms with Crippen molar-refractivity contribution < 1.29 is 9.47 Å². The highest BCUT2D eigenvalue weighted by Crippen LogP contribution is 2.31. The summed E-state index contributed by atoms with van der Waals surface area (Å²) in [6.45, 7) is 5.02. The SMILES string of the molecule is CCC[C@H](C)OC1=N[C@H]2[C@H](N[C@@H](Br)N2C2CCCCO2)C(N)N1. The Morgan fingerprint density at radius 1 is 1.52 bits per heavy atom. The molecule has 6 atom stereocenters. The van der Waals surface area contributed by atoms with Gasteiger partial charge in [0.15, 0.2) is 0 Å². The second-order valence-electron chi connectivity index (χ2n) is 6.53. The standard InChI is InChI=1S/C15H28BrN5O2/c1-3-6-9(2)23-15-19-12(17)11-13(20-15)21(14(16)18-11)10-7-4-5-8-22-10/h9-14,18H,3-8,17H2,1-2H3,(H,19,20)/t9-,10?,11+,12?,13+,14+/m0/s1. The lowest BCUT2D eigenvalue weighted by Crippen LogP contribution is -2.62. The summed E-state index contributed by atoms with van der Waals surface area (Å²) in [7, 11) is 0. The highest BCUT2D eigenvalue weighted by Gasteiger charge is 2.49. The van der Waals surface area contributed by atoms with Crippen molar-refractivity contribution in [3.8, 4) is 0 Å². The van der Waals surface area contributed by atoms with Crippen LogP contribution in [-0.4, -0.2) is 53.3 Å². The van der Waals surface area contributed by atoms with Crippen LogP contribution in [0.15, 0.2) is 4.99 Å². The van der Waals surface area contributed by atoms with Crippen molar-refractivity contribution in [3.05, 3.63) is 0 Å². The van der Waals surface area contributed by atoms with E-state index in [0.717, 1.165) is 32.3 Å². The summed E-state index contributed by atoms with van der Waals surface area (Å²) in [6, 6.07) is 0.572. The van der Waals surface area contributed by atoms with Crippen LogP contribution in [0.2, 0.25) is 0 Å². The van der Waals surface area contributed by atoms with Crippen molar-refractivity contribution in [3.63, 3.8) is 0 Å². The average molecular weight is 390 g/mol. The smallest absolute Gasteiger partial charge is 0.287 e. The van der Waals surface area contributed by atoms with Gasteiger partial charge in [-0.2, -0.15) is 0 Å². The van der Waals surface area contributed by atoms with E-state index >= 15 is 0 Å².